The zero-order valence-corrected chi connectivity index (χ0v) is 16.6. The van der Waals surface area contributed by atoms with E-state index in [1.165, 1.54) is 6.07 Å². The molecule has 1 saturated heterocycles. The number of rotatable bonds is 5. The van der Waals surface area contributed by atoms with Gasteiger partial charge in [-0.3, -0.25) is 23.5 Å². The van der Waals surface area contributed by atoms with Gasteiger partial charge in [-0.15, -0.1) is 0 Å². The van der Waals surface area contributed by atoms with E-state index in [9.17, 15) is 32.4 Å². The maximum atomic E-state index is 14.7. The number of aliphatic hydroxyl groups is 1. The normalized spacial score (nSPS) is 35.4. The standard InChI is InChI=1S/C18H17F3NO8P/c19-14-15(25)18(17(20)21,29-16(14)22-6-5-11(23)7-13(22)24)9-28-31(26)27-8-10-3-1-2-4-12(10)30-31/h1-6,14-17,25H,7-9H2/t14-,15+,16-,18-,31?/m1/s1. The van der Waals surface area contributed by atoms with Crippen molar-refractivity contribution in [3.8, 4) is 5.75 Å². The topological polar surface area (TPSA) is 112 Å². The molecule has 0 aromatic heterocycles. The van der Waals surface area contributed by atoms with Crippen LogP contribution < -0.4 is 4.52 Å². The van der Waals surface area contributed by atoms with Gasteiger partial charge < -0.3 is 14.4 Å². The van der Waals surface area contributed by atoms with E-state index in [-0.39, 0.29) is 12.4 Å². The first-order chi connectivity index (χ1) is 14.7. The van der Waals surface area contributed by atoms with Crippen molar-refractivity contribution in [2.45, 2.75) is 43.6 Å². The average molecular weight is 463 g/mol. The SMILES string of the molecule is O=C1C=CN([C@@H]2O[C@@](COP3(=O)OCc4ccccc4O3)(C(F)F)[C@@H](O)[C@H]2F)C(=O)C1. The van der Waals surface area contributed by atoms with Crippen LogP contribution in [0, 0.1) is 0 Å². The van der Waals surface area contributed by atoms with Crippen LogP contribution in [0.5, 0.6) is 5.75 Å². The molecule has 31 heavy (non-hydrogen) atoms. The number of nitrogens with zero attached hydrogens (tertiary/aromatic N) is 1. The Kier molecular flexibility index (Phi) is 5.69. The number of para-hydroxylation sites is 1. The van der Waals surface area contributed by atoms with Gasteiger partial charge >= 0.3 is 7.82 Å². The lowest BCUT2D eigenvalue weighted by atomic mass is 9.97. The molecular weight excluding hydrogens is 446 g/mol. The first-order valence-electron chi connectivity index (χ1n) is 9.12. The Bertz CT molecular complexity index is 975. The number of phosphoric acid groups is 1. The van der Waals surface area contributed by atoms with Crippen molar-refractivity contribution < 1.29 is 50.7 Å². The van der Waals surface area contributed by atoms with Gasteiger partial charge in [0.05, 0.1) is 19.6 Å². The van der Waals surface area contributed by atoms with Crippen molar-refractivity contribution in [1.82, 2.24) is 4.90 Å². The highest BCUT2D eigenvalue weighted by molar-refractivity contribution is 7.49. The Balaban J connectivity index is 1.54. The summed E-state index contributed by atoms with van der Waals surface area (Å²) in [5.41, 5.74) is -2.42. The van der Waals surface area contributed by atoms with Gasteiger partial charge in [-0.25, -0.2) is 17.7 Å². The van der Waals surface area contributed by atoms with Crippen LogP contribution in [0.2, 0.25) is 0 Å². The van der Waals surface area contributed by atoms with Crippen LogP contribution in [0.4, 0.5) is 13.2 Å². The number of alkyl halides is 3. The van der Waals surface area contributed by atoms with E-state index in [1.807, 2.05) is 0 Å². The average Bonchev–Trinajstić information content (AvgIpc) is 2.98. The Hall–Kier alpha value is -2.24. The number of allylic oxidation sites excluding steroid dienone is 1. The summed E-state index contributed by atoms with van der Waals surface area (Å²) in [7, 11) is -4.39. The third-order valence-electron chi connectivity index (χ3n) is 5.10. The number of ether oxygens (including phenoxy) is 1. The summed E-state index contributed by atoms with van der Waals surface area (Å²) in [6.07, 6.45) is -9.10. The number of hydrogen-bond acceptors (Lipinski definition) is 8. The second-order valence-electron chi connectivity index (χ2n) is 7.11. The molecule has 0 aliphatic carbocycles. The highest BCUT2D eigenvalue weighted by Gasteiger charge is 2.63. The van der Waals surface area contributed by atoms with Crippen LogP contribution in [0.1, 0.15) is 12.0 Å². The first kappa shape index (κ1) is 22.0. The van der Waals surface area contributed by atoms with Gasteiger partial charge in [0.15, 0.2) is 23.8 Å². The number of hydrogen-bond donors (Lipinski definition) is 1. The Morgan fingerprint density at radius 1 is 1.32 bits per heavy atom. The lowest BCUT2D eigenvalue weighted by Crippen LogP contribution is -2.52. The molecule has 1 amide bonds. The van der Waals surface area contributed by atoms with E-state index in [2.05, 4.69) is 0 Å². The number of carbonyl (C=O) groups excluding carboxylic acids is 2. The summed E-state index contributed by atoms with van der Waals surface area (Å²) < 4.78 is 75.6. The minimum Gasteiger partial charge on any atom is -0.404 e. The molecule has 1 N–H and O–H groups in total. The van der Waals surface area contributed by atoms with E-state index < -0.39 is 63.1 Å². The van der Waals surface area contributed by atoms with Crippen molar-refractivity contribution in [3.63, 3.8) is 0 Å². The molecule has 0 saturated carbocycles. The van der Waals surface area contributed by atoms with Crippen molar-refractivity contribution >= 4 is 19.5 Å². The van der Waals surface area contributed by atoms with Crippen LogP contribution in [0.15, 0.2) is 36.5 Å². The van der Waals surface area contributed by atoms with E-state index >= 15 is 0 Å². The molecule has 168 valence electrons. The van der Waals surface area contributed by atoms with Crippen LogP contribution in [0.25, 0.3) is 0 Å². The Morgan fingerprint density at radius 3 is 2.77 bits per heavy atom. The second-order valence-corrected chi connectivity index (χ2v) is 8.70. The van der Waals surface area contributed by atoms with Crippen LogP contribution in [0.3, 0.4) is 0 Å². The molecule has 5 atom stereocenters. The van der Waals surface area contributed by atoms with Gasteiger partial charge in [-0.05, 0) is 12.1 Å². The monoisotopic (exact) mass is 463 g/mol. The maximum absolute atomic E-state index is 14.7. The fraction of sp³-hybridized carbons (Fsp3) is 0.444. The van der Waals surface area contributed by atoms with Gasteiger partial charge in [0.2, 0.25) is 5.91 Å². The molecule has 1 aromatic rings. The first-order valence-corrected chi connectivity index (χ1v) is 10.6. The van der Waals surface area contributed by atoms with Crippen LogP contribution in [-0.4, -0.2) is 58.8 Å². The van der Waals surface area contributed by atoms with Crippen molar-refractivity contribution in [3.05, 3.63) is 42.1 Å². The molecule has 13 heteroatoms. The summed E-state index contributed by atoms with van der Waals surface area (Å²) in [5.74, 6) is -1.28. The third kappa shape index (κ3) is 3.90. The van der Waals surface area contributed by atoms with E-state index in [0.29, 0.717) is 10.5 Å². The number of ketones is 1. The minimum atomic E-state index is -4.39. The molecule has 3 aliphatic heterocycles. The lowest BCUT2D eigenvalue weighted by molar-refractivity contribution is -0.200. The third-order valence-corrected chi connectivity index (χ3v) is 6.41. The summed E-state index contributed by atoms with van der Waals surface area (Å²) in [6, 6.07) is 6.38. The van der Waals surface area contributed by atoms with Gasteiger partial charge in [-0.2, -0.15) is 0 Å². The number of fused-ring (bicyclic) bond motifs is 1. The van der Waals surface area contributed by atoms with Crippen molar-refractivity contribution in [2.24, 2.45) is 0 Å². The molecular formula is C18H17F3NO8P. The Morgan fingerprint density at radius 2 is 2.06 bits per heavy atom. The Labute approximate surface area is 173 Å². The zero-order valence-electron chi connectivity index (χ0n) is 15.7. The predicted octanol–water partition coefficient (Wildman–Crippen LogP) is 2.09. The number of phosphoric ester groups is 1. The number of aliphatic hydroxyl groups excluding tert-OH is 1. The summed E-state index contributed by atoms with van der Waals surface area (Å²) in [4.78, 5) is 23.9. The molecule has 4 rings (SSSR count). The predicted molar refractivity (Wildman–Crippen MR) is 95.5 cm³/mol. The molecule has 0 bridgehead atoms. The molecule has 1 fully saturated rings. The second kappa shape index (κ2) is 8.03. The highest BCUT2D eigenvalue weighted by atomic mass is 31.2. The smallest absolute Gasteiger partial charge is 0.404 e. The maximum Gasteiger partial charge on any atom is 0.530 e. The number of amides is 1. The molecule has 3 aliphatic rings. The van der Waals surface area contributed by atoms with Crippen molar-refractivity contribution in [2.75, 3.05) is 6.61 Å². The van der Waals surface area contributed by atoms with Crippen LogP contribution in [-0.2, 0) is 34.5 Å². The fourth-order valence-corrected chi connectivity index (χ4v) is 4.64. The highest BCUT2D eigenvalue weighted by Crippen LogP contribution is 2.55. The van der Waals surface area contributed by atoms with Gasteiger partial charge in [-0.1, -0.05) is 18.2 Å². The number of carbonyl (C=O) groups is 2. The summed E-state index contributed by atoms with van der Waals surface area (Å²) in [6.45, 7) is -1.44. The van der Waals surface area contributed by atoms with Gasteiger partial charge in [0.25, 0.3) is 6.43 Å². The van der Waals surface area contributed by atoms with E-state index in [1.54, 1.807) is 18.2 Å². The summed E-state index contributed by atoms with van der Waals surface area (Å²) >= 11 is 0. The van der Waals surface area contributed by atoms with Gasteiger partial charge in [0, 0.05) is 11.8 Å². The van der Waals surface area contributed by atoms with Crippen LogP contribution >= 0.6 is 7.82 Å². The molecule has 9 nitrogen and oxygen atoms in total. The largest absolute Gasteiger partial charge is 0.530 e. The molecule has 3 heterocycles. The fourth-order valence-electron chi connectivity index (χ4n) is 3.38. The summed E-state index contributed by atoms with van der Waals surface area (Å²) in [5, 5.41) is 10.2. The van der Waals surface area contributed by atoms with Crippen molar-refractivity contribution in [1.29, 1.82) is 0 Å². The molecule has 1 unspecified atom stereocenters. The lowest BCUT2D eigenvalue weighted by Gasteiger charge is -2.33. The van der Waals surface area contributed by atoms with E-state index in [0.717, 1.165) is 12.3 Å². The van der Waals surface area contributed by atoms with Gasteiger partial charge in [0.1, 0.15) is 11.9 Å². The number of benzene rings is 1. The minimum absolute atomic E-state index is 0.158. The molecule has 0 spiro atoms. The quantitative estimate of drug-likeness (QED) is 0.522. The molecule has 0 radical (unpaired) electrons. The van der Waals surface area contributed by atoms with E-state index in [4.69, 9.17) is 18.3 Å². The number of halogens is 3. The molecule has 1 aromatic carbocycles. The zero-order chi connectivity index (χ0) is 22.4.